The lowest BCUT2D eigenvalue weighted by Gasteiger charge is -2.20. The Morgan fingerprint density at radius 1 is 1.31 bits per heavy atom. The van der Waals surface area contributed by atoms with E-state index in [4.69, 9.17) is 17.0 Å². The van der Waals surface area contributed by atoms with Gasteiger partial charge < -0.3 is 10.1 Å². The van der Waals surface area contributed by atoms with E-state index in [0.29, 0.717) is 52.4 Å². The maximum absolute atomic E-state index is 13.3. The van der Waals surface area contributed by atoms with Crippen LogP contribution in [-0.2, 0) is 22.6 Å². The number of anilines is 1. The fourth-order valence-corrected chi connectivity index (χ4v) is 5.70. The second-order valence-corrected chi connectivity index (χ2v) is 10.6. The van der Waals surface area contributed by atoms with Crippen molar-refractivity contribution in [3.05, 3.63) is 67.8 Å². The Morgan fingerprint density at radius 3 is 2.75 bits per heavy atom. The lowest BCUT2D eigenvalue weighted by Crippen LogP contribution is -2.35. The number of nitrogens with one attached hydrogen (secondary N) is 1. The number of thiocarbonyl (C=S) groups is 1. The van der Waals surface area contributed by atoms with Crippen LogP contribution in [0.25, 0.3) is 6.08 Å². The monoisotopic (exact) mass is 522 g/mol. The van der Waals surface area contributed by atoms with Gasteiger partial charge in [0.05, 0.1) is 17.6 Å². The molecular weight excluding hydrogens is 492 g/mol. The van der Waals surface area contributed by atoms with Crippen molar-refractivity contribution in [2.75, 3.05) is 18.5 Å². The minimum Gasteiger partial charge on any atom is -0.376 e. The van der Waals surface area contributed by atoms with Gasteiger partial charge in [-0.2, -0.15) is 5.26 Å². The molecule has 1 amide bonds. The Kier molecular flexibility index (Phi) is 8.62. The number of amides is 1. The van der Waals surface area contributed by atoms with Crippen LogP contribution >= 0.6 is 24.0 Å². The number of aromatic nitrogens is 1. The van der Waals surface area contributed by atoms with E-state index < -0.39 is 0 Å². The number of nitrogens with zero attached hydrogens (tertiary/aromatic N) is 3. The van der Waals surface area contributed by atoms with Crippen molar-refractivity contribution in [1.82, 2.24) is 9.47 Å². The summed E-state index contributed by atoms with van der Waals surface area (Å²) in [5, 5.41) is 13.2. The van der Waals surface area contributed by atoms with E-state index in [-0.39, 0.29) is 23.1 Å². The summed E-state index contributed by atoms with van der Waals surface area (Å²) in [6.07, 6.45) is 5.37. The molecule has 0 radical (unpaired) electrons. The number of hydrogen-bond acceptors (Lipinski definition) is 7. The number of nitriles is 1. The number of carbonyl (C=O) groups is 1. The molecule has 1 atom stereocenters. The molecule has 1 N–H and O–H groups in total. The summed E-state index contributed by atoms with van der Waals surface area (Å²) in [5.41, 5.74) is 2.05. The van der Waals surface area contributed by atoms with Crippen molar-refractivity contribution in [3.8, 4) is 6.07 Å². The number of unbranched alkanes of at least 4 members (excludes halogenated alkanes) is 1. The van der Waals surface area contributed by atoms with E-state index in [1.807, 2.05) is 30.3 Å². The van der Waals surface area contributed by atoms with Crippen LogP contribution in [0, 0.1) is 18.3 Å². The zero-order valence-corrected chi connectivity index (χ0v) is 22.2. The van der Waals surface area contributed by atoms with Crippen molar-refractivity contribution < 1.29 is 9.53 Å². The molecule has 3 heterocycles. The van der Waals surface area contributed by atoms with Crippen LogP contribution in [0.1, 0.15) is 54.9 Å². The third-order valence-electron chi connectivity index (χ3n) is 6.47. The molecular formula is C27H30N4O3S2. The average Bonchev–Trinajstić information content (AvgIpc) is 3.49. The third kappa shape index (κ3) is 5.56. The average molecular weight is 523 g/mol. The van der Waals surface area contributed by atoms with Gasteiger partial charge in [0.25, 0.3) is 11.5 Å². The molecule has 36 heavy (non-hydrogen) atoms. The van der Waals surface area contributed by atoms with Crippen molar-refractivity contribution >= 4 is 46.1 Å². The quantitative estimate of drug-likeness (QED) is 0.373. The number of pyridine rings is 1. The van der Waals surface area contributed by atoms with Crippen LogP contribution in [0.2, 0.25) is 0 Å². The number of benzene rings is 1. The van der Waals surface area contributed by atoms with Crippen LogP contribution in [0.3, 0.4) is 0 Å². The largest absolute Gasteiger partial charge is 0.376 e. The molecule has 2 aliphatic heterocycles. The molecule has 4 rings (SSSR count). The molecule has 0 spiro atoms. The Labute approximate surface area is 221 Å². The summed E-state index contributed by atoms with van der Waals surface area (Å²) >= 11 is 6.78. The van der Waals surface area contributed by atoms with E-state index in [1.165, 1.54) is 11.8 Å². The smallest absolute Gasteiger partial charge is 0.270 e. The Balaban J connectivity index is 1.76. The number of carbonyl (C=O) groups excluding carboxylic acids is 1. The maximum Gasteiger partial charge on any atom is 0.270 e. The zero-order chi connectivity index (χ0) is 25.7. The Hall–Kier alpha value is -2.93. The van der Waals surface area contributed by atoms with E-state index in [0.717, 1.165) is 31.2 Å². The van der Waals surface area contributed by atoms with Crippen molar-refractivity contribution in [2.24, 2.45) is 0 Å². The first kappa shape index (κ1) is 26.1. The fraction of sp³-hybridized carbons (Fsp3) is 0.407. The van der Waals surface area contributed by atoms with Gasteiger partial charge in [0.15, 0.2) is 0 Å². The van der Waals surface area contributed by atoms with E-state index in [2.05, 4.69) is 18.3 Å². The van der Waals surface area contributed by atoms with Crippen molar-refractivity contribution in [1.29, 1.82) is 5.26 Å². The van der Waals surface area contributed by atoms with Gasteiger partial charge in [-0.3, -0.25) is 19.1 Å². The summed E-state index contributed by atoms with van der Waals surface area (Å²) < 4.78 is 7.84. The molecule has 2 aromatic rings. The highest BCUT2D eigenvalue weighted by Crippen LogP contribution is 2.36. The summed E-state index contributed by atoms with van der Waals surface area (Å²) in [7, 11) is 0. The maximum atomic E-state index is 13.3. The minimum absolute atomic E-state index is 0.00201. The lowest BCUT2D eigenvalue weighted by atomic mass is 10.0. The molecule has 7 nitrogen and oxygen atoms in total. The van der Waals surface area contributed by atoms with Crippen LogP contribution in [0.15, 0.2) is 40.0 Å². The second-order valence-electron chi connectivity index (χ2n) is 8.95. The molecule has 1 unspecified atom stereocenters. The fourth-order valence-electron chi connectivity index (χ4n) is 4.45. The van der Waals surface area contributed by atoms with E-state index >= 15 is 0 Å². The predicted octanol–water partition coefficient (Wildman–Crippen LogP) is 4.82. The van der Waals surface area contributed by atoms with Gasteiger partial charge in [0.1, 0.15) is 21.8 Å². The van der Waals surface area contributed by atoms with E-state index in [9.17, 15) is 14.9 Å². The van der Waals surface area contributed by atoms with Gasteiger partial charge in [0.2, 0.25) is 0 Å². The second kappa shape index (κ2) is 11.9. The van der Waals surface area contributed by atoms with Crippen LogP contribution in [0.5, 0.6) is 0 Å². The summed E-state index contributed by atoms with van der Waals surface area (Å²) in [5.74, 6) is 0.442. The standard InChI is InChI=1S/C27H30N4O3S2/c1-3-4-12-30-24(29-16-19-9-6-5-7-10-19)21(18(2)22(15-28)25(30)32)14-23-26(33)31(27(35)36-23)17-20-11-8-13-34-20/h5-7,9-10,14,20,29H,3-4,8,11-13,16-17H2,1-2H3/b23-14+. The van der Waals surface area contributed by atoms with Gasteiger partial charge in [-0.25, -0.2) is 0 Å². The zero-order valence-electron chi connectivity index (χ0n) is 20.6. The van der Waals surface area contributed by atoms with Crippen LogP contribution < -0.4 is 10.9 Å². The van der Waals surface area contributed by atoms with Gasteiger partial charge in [0, 0.05) is 25.3 Å². The highest BCUT2D eigenvalue weighted by molar-refractivity contribution is 8.26. The van der Waals surface area contributed by atoms with Gasteiger partial charge in [-0.15, -0.1) is 0 Å². The molecule has 2 saturated heterocycles. The van der Waals surface area contributed by atoms with Crippen molar-refractivity contribution in [3.63, 3.8) is 0 Å². The van der Waals surface area contributed by atoms with Gasteiger partial charge in [-0.05, 0) is 43.4 Å². The van der Waals surface area contributed by atoms with Crippen LogP contribution in [-0.4, -0.2) is 39.0 Å². The molecule has 1 aromatic heterocycles. The molecule has 9 heteroatoms. The van der Waals surface area contributed by atoms with Gasteiger partial charge in [-0.1, -0.05) is 67.7 Å². The number of rotatable bonds is 9. The number of ether oxygens (including phenoxy) is 1. The number of hydrogen-bond donors (Lipinski definition) is 1. The topological polar surface area (TPSA) is 87.4 Å². The first-order valence-corrected chi connectivity index (χ1v) is 13.5. The Morgan fingerprint density at radius 2 is 2.08 bits per heavy atom. The first-order chi connectivity index (χ1) is 17.4. The first-order valence-electron chi connectivity index (χ1n) is 12.3. The SMILES string of the molecule is CCCCn1c(NCc2ccccc2)c(/C=C2/SC(=S)N(CC3CCCO3)C2=O)c(C)c(C#N)c1=O. The molecule has 2 fully saturated rings. The normalized spacial score (nSPS) is 18.8. The molecule has 2 aliphatic rings. The minimum atomic E-state index is -0.318. The van der Waals surface area contributed by atoms with E-state index in [1.54, 1.807) is 22.5 Å². The van der Waals surface area contributed by atoms with Crippen LogP contribution in [0.4, 0.5) is 5.82 Å². The van der Waals surface area contributed by atoms with Crippen molar-refractivity contribution in [2.45, 2.75) is 58.7 Å². The Bertz CT molecular complexity index is 1270. The van der Waals surface area contributed by atoms with Gasteiger partial charge >= 0.3 is 0 Å². The lowest BCUT2D eigenvalue weighted by molar-refractivity contribution is -0.123. The molecule has 0 aliphatic carbocycles. The summed E-state index contributed by atoms with van der Waals surface area (Å²) in [6, 6.07) is 12.0. The molecule has 188 valence electrons. The molecule has 0 bridgehead atoms. The summed E-state index contributed by atoms with van der Waals surface area (Å²) in [4.78, 5) is 28.7. The highest BCUT2D eigenvalue weighted by atomic mass is 32.2. The summed E-state index contributed by atoms with van der Waals surface area (Å²) in [6.45, 7) is 5.94. The molecule has 1 aromatic carbocycles. The number of thioether (sulfide) groups is 1. The third-order valence-corrected chi connectivity index (χ3v) is 7.85. The predicted molar refractivity (Wildman–Crippen MR) is 148 cm³/mol. The highest BCUT2D eigenvalue weighted by Gasteiger charge is 2.35. The molecule has 0 saturated carbocycles.